The third-order valence-electron chi connectivity index (χ3n) is 4.79. The maximum absolute atomic E-state index is 12.7. The zero-order valence-corrected chi connectivity index (χ0v) is 17.9. The first kappa shape index (κ1) is 21.3. The lowest BCUT2D eigenvalue weighted by Gasteiger charge is -2.10. The molecule has 0 unspecified atom stereocenters. The molecule has 0 atom stereocenters. The number of imidazole rings is 1. The van der Waals surface area contributed by atoms with Crippen LogP contribution in [-0.4, -0.2) is 58.9 Å². The summed E-state index contributed by atoms with van der Waals surface area (Å²) in [7, 11) is 3.69. The van der Waals surface area contributed by atoms with E-state index in [1.165, 1.54) is 0 Å². The second kappa shape index (κ2) is 9.44. The van der Waals surface area contributed by atoms with Crippen LogP contribution >= 0.6 is 0 Å². The van der Waals surface area contributed by atoms with Gasteiger partial charge in [0.1, 0.15) is 0 Å². The Morgan fingerprint density at radius 2 is 1.94 bits per heavy atom. The van der Waals surface area contributed by atoms with Crippen molar-refractivity contribution in [1.82, 2.24) is 25.2 Å². The number of furan rings is 1. The first-order valence-corrected chi connectivity index (χ1v) is 10.2. The molecule has 4 aromatic rings. The molecule has 0 aliphatic heterocycles. The van der Waals surface area contributed by atoms with Crippen LogP contribution in [0.3, 0.4) is 0 Å². The topological polar surface area (TPSA) is 116 Å². The Balaban J connectivity index is 1.35. The van der Waals surface area contributed by atoms with Crippen LogP contribution in [0.2, 0.25) is 0 Å². The smallest absolute Gasteiger partial charge is 0.253 e. The summed E-state index contributed by atoms with van der Waals surface area (Å²) in [6.07, 6.45) is 3.79. The summed E-state index contributed by atoms with van der Waals surface area (Å²) in [6.45, 7) is 0.795. The Hall–Kier alpha value is -3.98. The highest BCUT2D eigenvalue weighted by Crippen LogP contribution is 2.21. The summed E-state index contributed by atoms with van der Waals surface area (Å²) >= 11 is 0. The molecule has 0 radical (unpaired) electrons. The highest BCUT2D eigenvalue weighted by Gasteiger charge is 2.16. The standard InChI is InChI=1S/C23H24N6O3/c1-29(2)14-19(30)26-16-7-5-15(6-8-16)9-11-25-23(31)17-10-12-24-22-20(17)27-21(28-22)18-4-3-13-32-18/h3-8,10,12-13H,9,11,14H2,1-2H3,(H,25,31)(H,26,30)(H,24,27,28). The van der Waals surface area contributed by atoms with Gasteiger partial charge in [-0.15, -0.1) is 0 Å². The molecule has 9 nitrogen and oxygen atoms in total. The molecular weight excluding hydrogens is 408 g/mol. The summed E-state index contributed by atoms with van der Waals surface area (Å²) in [5, 5.41) is 5.79. The Kier molecular flexibility index (Phi) is 6.27. The van der Waals surface area contributed by atoms with Crippen LogP contribution in [0, 0.1) is 0 Å². The number of aromatic amines is 1. The molecule has 0 saturated carbocycles. The van der Waals surface area contributed by atoms with Crippen LogP contribution in [0.25, 0.3) is 22.7 Å². The van der Waals surface area contributed by atoms with Crippen molar-refractivity contribution in [2.75, 3.05) is 32.5 Å². The molecule has 32 heavy (non-hydrogen) atoms. The fraction of sp³-hybridized carbons (Fsp3) is 0.217. The predicted octanol–water partition coefficient (Wildman–Crippen LogP) is 2.69. The van der Waals surface area contributed by atoms with E-state index in [-0.39, 0.29) is 11.8 Å². The molecule has 3 heterocycles. The van der Waals surface area contributed by atoms with Gasteiger partial charge in [0.2, 0.25) is 5.91 Å². The SMILES string of the molecule is CN(C)CC(=O)Nc1ccc(CCNC(=O)c2ccnc3nc(-c4ccco4)[nH]c23)cc1. The summed E-state index contributed by atoms with van der Waals surface area (Å²) in [5.41, 5.74) is 3.29. The molecule has 0 fully saturated rings. The summed E-state index contributed by atoms with van der Waals surface area (Å²) < 4.78 is 5.36. The maximum Gasteiger partial charge on any atom is 0.253 e. The number of pyridine rings is 1. The minimum absolute atomic E-state index is 0.0623. The predicted molar refractivity (Wildman–Crippen MR) is 121 cm³/mol. The third kappa shape index (κ3) is 5.01. The maximum atomic E-state index is 12.7. The van der Waals surface area contributed by atoms with Crippen LogP contribution in [0.1, 0.15) is 15.9 Å². The van der Waals surface area contributed by atoms with E-state index >= 15 is 0 Å². The molecule has 3 aromatic heterocycles. The first-order valence-electron chi connectivity index (χ1n) is 10.2. The van der Waals surface area contributed by atoms with Gasteiger partial charge in [0.25, 0.3) is 5.91 Å². The monoisotopic (exact) mass is 432 g/mol. The summed E-state index contributed by atoms with van der Waals surface area (Å²) in [4.78, 5) is 38.1. The number of fused-ring (bicyclic) bond motifs is 1. The molecule has 0 aliphatic carbocycles. The number of carbonyl (C=O) groups excluding carboxylic acids is 2. The number of hydrogen-bond donors (Lipinski definition) is 3. The van der Waals surface area contributed by atoms with Gasteiger partial charge in [-0.25, -0.2) is 9.97 Å². The number of H-pyrrole nitrogens is 1. The van der Waals surface area contributed by atoms with Crippen molar-refractivity contribution in [2.45, 2.75) is 6.42 Å². The lowest BCUT2D eigenvalue weighted by Crippen LogP contribution is -2.27. The van der Waals surface area contributed by atoms with Crippen molar-refractivity contribution in [3.05, 3.63) is 66.1 Å². The molecule has 1 aromatic carbocycles. The van der Waals surface area contributed by atoms with Crippen LogP contribution < -0.4 is 10.6 Å². The van der Waals surface area contributed by atoms with E-state index in [1.54, 1.807) is 30.7 Å². The molecule has 9 heteroatoms. The number of aromatic nitrogens is 3. The van der Waals surface area contributed by atoms with Gasteiger partial charge in [0, 0.05) is 18.4 Å². The zero-order valence-electron chi connectivity index (χ0n) is 17.9. The van der Waals surface area contributed by atoms with Crippen molar-refractivity contribution in [1.29, 1.82) is 0 Å². The second-order valence-electron chi connectivity index (χ2n) is 7.61. The van der Waals surface area contributed by atoms with E-state index in [2.05, 4.69) is 25.6 Å². The number of anilines is 1. The van der Waals surface area contributed by atoms with Crippen LogP contribution in [0.15, 0.2) is 59.3 Å². The largest absolute Gasteiger partial charge is 0.461 e. The highest BCUT2D eigenvalue weighted by molar-refractivity contribution is 6.04. The fourth-order valence-electron chi connectivity index (χ4n) is 3.29. The molecule has 0 aliphatic rings. The minimum atomic E-state index is -0.209. The summed E-state index contributed by atoms with van der Waals surface area (Å²) in [6, 6.07) is 12.8. The van der Waals surface area contributed by atoms with Gasteiger partial charge >= 0.3 is 0 Å². The second-order valence-corrected chi connectivity index (χ2v) is 7.61. The number of likely N-dealkylation sites (N-methyl/N-ethyl adjacent to an activating group) is 1. The van der Waals surface area contributed by atoms with Crippen molar-refractivity contribution >= 4 is 28.7 Å². The first-order chi connectivity index (χ1) is 15.5. The minimum Gasteiger partial charge on any atom is -0.461 e. The van der Waals surface area contributed by atoms with Crippen molar-refractivity contribution < 1.29 is 14.0 Å². The van der Waals surface area contributed by atoms with E-state index in [0.29, 0.717) is 47.8 Å². The van der Waals surface area contributed by atoms with Crippen molar-refractivity contribution in [3.8, 4) is 11.6 Å². The van der Waals surface area contributed by atoms with E-state index in [4.69, 9.17) is 4.42 Å². The summed E-state index contributed by atoms with van der Waals surface area (Å²) in [5.74, 6) is 0.832. The van der Waals surface area contributed by atoms with Crippen molar-refractivity contribution in [3.63, 3.8) is 0 Å². The van der Waals surface area contributed by atoms with E-state index in [1.807, 2.05) is 43.3 Å². The van der Waals surface area contributed by atoms with E-state index < -0.39 is 0 Å². The van der Waals surface area contributed by atoms with Crippen molar-refractivity contribution in [2.24, 2.45) is 0 Å². The molecule has 0 bridgehead atoms. The van der Waals surface area contributed by atoms with Gasteiger partial charge in [0.15, 0.2) is 17.2 Å². The van der Waals surface area contributed by atoms with Gasteiger partial charge in [0.05, 0.1) is 23.9 Å². The fourth-order valence-corrected chi connectivity index (χ4v) is 3.29. The third-order valence-corrected chi connectivity index (χ3v) is 4.79. The molecule has 2 amide bonds. The number of nitrogens with one attached hydrogen (secondary N) is 3. The number of hydrogen-bond acceptors (Lipinski definition) is 6. The Morgan fingerprint density at radius 3 is 2.66 bits per heavy atom. The molecule has 164 valence electrons. The normalized spacial score (nSPS) is 11.1. The van der Waals surface area contributed by atoms with E-state index in [9.17, 15) is 9.59 Å². The number of rotatable bonds is 8. The Morgan fingerprint density at radius 1 is 1.12 bits per heavy atom. The average molecular weight is 432 g/mol. The molecule has 4 rings (SSSR count). The molecular formula is C23H24N6O3. The zero-order chi connectivity index (χ0) is 22.5. The lowest BCUT2D eigenvalue weighted by atomic mass is 10.1. The van der Waals surface area contributed by atoms with Crippen LogP contribution in [-0.2, 0) is 11.2 Å². The highest BCUT2D eigenvalue weighted by atomic mass is 16.3. The van der Waals surface area contributed by atoms with Gasteiger partial charge in [-0.3, -0.25) is 9.59 Å². The van der Waals surface area contributed by atoms with Gasteiger partial charge < -0.3 is 24.9 Å². The van der Waals surface area contributed by atoms with Gasteiger partial charge in [-0.2, -0.15) is 0 Å². The quantitative estimate of drug-likeness (QED) is 0.394. The molecule has 0 saturated heterocycles. The Bertz CT molecular complexity index is 1210. The molecule has 3 N–H and O–H groups in total. The Labute approximate surface area is 184 Å². The van der Waals surface area contributed by atoms with Crippen LogP contribution in [0.5, 0.6) is 0 Å². The van der Waals surface area contributed by atoms with Crippen LogP contribution in [0.4, 0.5) is 5.69 Å². The number of carbonyl (C=O) groups is 2. The van der Waals surface area contributed by atoms with Gasteiger partial charge in [-0.05, 0) is 56.4 Å². The van der Waals surface area contributed by atoms with E-state index in [0.717, 1.165) is 11.3 Å². The van der Waals surface area contributed by atoms with Gasteiger partial charge in [-0.1, -0.05) is 12.1 Å². The lowest BCUT2D eigenvalue weighted by molar-refractivity contribution is -0.116. The average Bonchev–Trinajstić information content (AvgIpc) is 3.43. The molecule has 0 spiro atoms. The number of nitrogens with zero attached hydrogens (tertiary/aromatic N) is 3. The number of benzene rings is 1. The number of amides is 2.